The molecule has 2 saturated heterocycles. The number of sulfonamides is 1. The van der Waals surface area contributed by atoms with Gasteiger partial charge in [-0.1, -0.05) is 18.6 Å². The van der Waals surface area contributed by atoms with Gasteiger partial charge in [-0.15, -0.1) is 23.5 Å². The molecule has 0 saturated carbocycles. The molecule has 0 radical (unpaired) electrons. The summed E-state index contributed by atoms with van der Waals surface area (Å²) < 4.78 is 44.5. The number of hydrogen-bond acceptors (Lipinski definition) is 8. The first-order chi connectivity index (χ1) is 16.9. The second kappa shape index (κ2) is 11.7. The Morgan fingerprint density at radius 2 is 1.63 bits per heavy atom. The van der Waals surface area contributed by atoms with E-state index in [2.05, 4.69) is 0 Å². The van der Waals surface area contributed by atoms with Gasteiger partial charge in [-0.2, -0.15) is 4.31 Å². The van der Waals surface area contributed by atoms with Crippen LogP contribution in [0.2, 0.25) is 0 Å². The van der Waals surface area contributed by atoms with Crippen molar-refractivity contribution < 1.29 is 27.4 Å². The van der Waals surface area contributed by atoms with Crippen LogP contribution in [-0.2, 0) is 14.8 Å². The van der Waals surface area contributed by atoms with Crippen LogP contribution in [-0.4, -0.2) is 57.5 Å². The fraction of sp³-hybridized carbons (Fsp3) is 0.400. The normalized spacial score (nSPS) is 17.5. The molecule has 7 nitrogen and oxygen atoms in total. The van der Waals surface area contributed by atoms with Gasteiger partial charge < -0.3 is 14.2 Å². The lowest BCUT2D eigenvalue weighted by Gasteiger charge is -2.26. The summed E-state index contributed by atoms with van der Waals surface area (Å²) in [7, 11) is -0.707. The van der Waals surface area contributed by atoms with Crippen LogP contribution < -0.4 is 14.2 Å². The van der Waals surface area contributed by atoms with E-state index in [1.807, 2.05) is 35.7 Å². The number of esters is 1. The number of nitrogens with zero attached hydrogens (tertiary/aromatic N) is 1. The molecule has 4 rings (SSSR count). The van der Waals surface area contributed by atoms with Crippen molar-refractivity contribution in [3.63, 3.8) is 0 Å². The van der Waals surface area contributed by atoms with Crippen LogP contribution in [0.5, 0.6) is 17.2 Å². The lowest BCUT2D eigenvalue weighted by molar-refractivity contribution is -0.129. The van der Waals surface area contributed by atoms with Crippen molar-refractivity contribution in [1.29, 1.82) is 0 Å². The van der Waals surface area contributed by atoms with Crippen molar-refractivity contribution in [1.82, 2.24) is 4.31 Å². The molecule has 2 aromatic carbocycles. The van der Waals surface area contributed by atoms with E-state index in [1.54, 1.807) is 25.3 Å². The number of carbonyl (C=O) groups excluding carboxylic acids is 1. The van der Waals surface area contributed by atoms with E-state index in [1.165, 1.54) is 29.6 Å². The number of hydrogen-bond donors (Lipinski definition) is 0. The molecule has 0 N–H and O–H groups in total. The molecule has 188 valence electrons. The minimum atomic E-state index is -3.70. The van der Waals surface area contributed by atoms with Crippen LogP contribution in [0.15, 0.2) is 47.4 Å². The van der Waals surface area contributed by atoms with Gasteiger partial charge in [-0.05, 0) is 54.3 Å². The predicted octanol–water partition coefficient (Wildman–Crippen LogP) is 4.98. The summed E-state index contributed by atoms with van der Waals surface area (Å²) in [5.41, 5.74) is 1.68. The molecule has 0 unspecified atom stereocenters. The minimum absolute atomic E-state index is 0.0947. The highest BCUT2D eigenvalue weighted by atomic mass is 32.2. The highest BCUT2D eigenvalue weighted by Crippen LogP contribution is 2.47. The highest BCUT2D eigenvalue weighted by Gasteiger charge is 2.29. The lowest BCUT2D eigenvalue weighted by atomic mass is 10.2. The van der Waals surface area contributed by atoms with Crippen molar-refractivity contribution in [2.45, 2.75) is 28.7 Å². The van der Waals surface area contributed by atoms with E-state index in [9.17, 15) is 13.2 Å². The molecule has 0 atom stereocenters. The van der Waals surface area contributed by atoms with Crippen molar-refractivity contribution in [3.8, 4) is 17.2 Å². The van der Waals surface area contributed by atoms with Crippen LogP contribution in [0.3, 0.4) is 0 Å². The Hall–Kier alpha value is -2.14. The Labute approximate surface area is 215 Å². The fourth-order valence-corrected chi connectivity index (χ4v) is 8.56. The molecule has 0 aromatic heterocycles. The number of benzene rings is 2. The average molecular weight is 536 g/mol. The first kappa shape index (κ1) is 25.9. The largest absolute Gasteiger partial charge is 0.495 e. The zero-order valence-electron chi connectivity index (χ0n) is 19.8. The maximum Gasteiger partial charge on any atom is 0.336 e. The molecular formula is C25H29NO6S3. The fourth-order valence-electron chi connectivity index (χ4n) is 4.02. The molecule has 2 heterocycles. The van der Waals surface area contributed by atoms with Gasteiger partial charge in [0.1, 0.15) is 10.6 Å². The first-order valence-corrected chi connectivity index (χ1v) is 15.0. The second-order valence-corrected chi connectivity index (χ2v) is 12.7. The summed E-state index contributed by atoms with van der Waals surface area (Å²) in [6.45, 7) is 0.993. The van der Waals surface area contributed by atoms with E-state index >= 15 is 0 Å². The van der Waals surface area contributed by atoms with Crippen LogP contribution in [0.4, 0.5) is 0 Å². The number of methoxy groups -OCH3 is 2. The molecule has 0 aliphatic carbocycles. The van der Waals surface area contributed by atoms with Crippen LogP contribution in [0.1, 0.15) is 35.0 Å². The van der Waals surface area contributed by atoms with Crippen LogP contribution >= 0.6 is 23.5 Å². The quantitative estimate of drug-likeness (QED) is 0.266. The van der Waals surface area contributed by atoms with Crippen LogP contribution in [0, 0.1) is 0 Å². The summed E-state index contributed by atoms with van der Waals surface area (Å²) in [6.07, 6.45) is 5.52. The van der Waals surface area contributed by atoms with Gasteiger partial charge in [-0.25, -0.2) is 13.2 Å². The van der Waals surface area contributed by atoms with Crippen molar-refractivity contribution in [3.05, 3.63) is 53.6 Å². The van der Waals surface area contributed by atoms with Gasteiger partial charge in [0, 0.05) is 30.7 Å². The molecule has 0 amide bonds. The standard InChI is InChI=1S/C25H29NO6S3/c1-30-21-9-6-18(16-23(21)35(28,29)26-12-4-3-5-13-26)7-11-24(27)32-20-10-8-19(17-22(20)31-2)25-33-14-15-34-25/h6-11,16-17,25H,3-5,12-15H2,1-2H3/b11-7+. The van der Waals surface area contributed by atoms with Gasteiger partial charge in [0.15, 0.2) is 11.5 Å². The van der Waals surface area contributed by atoms with Gasteiger partial charge >= 0.3 is 5.97 Å². The van der Waals surface area contributed by atoms with Gasteiger partial charge in [0.25, 0.3) is 0 Å². The Bertz CT molecular complexity index is 1190. The monoisotopic (exact) mass is 535 g/mol. The number of rotatable bonds is 8. The first-order valence-electron chi connectivity index (χ1n) is 11.4. The zero-order chi connectivity index (χ0) is 24.8. The molecular weight excluding hydrogens is 506 g/mol. The Balaban J connectivity index is 1.49. The van der Waals surface area contributed by atoms with E-state index in [-0.39, 0.29) is 10.6 Å². The molecule has 2 aliphatic rings. The van der Waals surface area contributed by atoms with Crippen molar-refractivity contribution in [2.24, 2.45) is 0 Å². The second-order valence-electron chi connectivity index (χ2n) is 8.11. The summed E-state index contributed by atoms with van der Waals surface area (Å²) in [6, 6.07) is 10.4. The van der Waals surface area contributed by atoms with E-state index in [4.69, 9.17) is 14.2 Å². The summed E-state index contributed by atoms with van der Waals surface area (Å²) in [5.74, 6) is 2.76. The summed E-state index contributed by atoms with van der Waals surface area (Å²) in [5, 5.41) is 0. The number of ether oxygens (including phenoxy) is 3. The molecule has 2 aliphatic heterocycles. The highest BCUT2D eigenvalue weighted by molar-refractivity contribution is 8.19. The van der Waals surface area contributed by atoms with Crippen LogP contribution in [0.25, 0.3) is 6.08 Å². The smallest absolute Gasteiger partial charge is 0.336 e. The van der Waals surface area contributed by atoms with Crippen molar-refractivity contribution >= 4 is 45.6 Å². The third-order valence-corrected chi connectivity index (χ3v) is 10.8. The topological polar surface area (TPSA) is 82.1 Å². The van der Waals surface area contributed by atoms with E-state index < -0.39 is 16.0 Å². The number of piperidine rings is 1. The zero-order valence-corrected chi connectivity index (χ0v) is 22.2. The number of carbonyl (C=O) groups is 1. The van der Waals surface area contributed by atoms with E-state index in [0.29, 0.717) is 34.7 Å². The number of thioether (sulfide) groups is 2. The average Bonchev–Trinajstić information content (AvgIpc) is 3.43. The van der Waals surface area contributed by atoms with E-state index in [0.717, 1.165) is 36.3 Å². The summed E-state index contributed by atoms with van der Waals surface area (Å²) >= 11 is 3.78. The maximum atomic E-state index is 13.2. The SMILES string of the molecule is COc1cc(C2SCCS2)ccc1OC(=O)/C=C/c1ccc(OC)c(S(=O)(=O)N2CCCCC2)c1. The predicted molar refractivity (Wildman–Crippen MR) is 141 cm³/mol. The molecule has 10 heteroatoms. The Morgan fingerprint density at radius 3 is 2.31 bits per heavy atom. The maximum absolute atomic E-state index is 13.2. The van der Waals surface area contributed by atoms with Gasteiger partial charge in [0.05, 0.1) is 18.8 Å². The van der Waals surface area contributed by atoms with Crippen molar-refractivity contribution in [2.75, 3.05) is 38.8 Å². The molecule has 2 fully saturated rings. The Kier molecular flexibility index (Phi) is 8.69. The minimum Gasteiger partial charge on any atom is -0.495 e. The molecule has 0 bridgehead atoms. The lowest BCUT2D eigenvalue weighted by Crippen LogP contribution is -2.35. The Morgan fingerprint density at radius 1 is 0.943 bits per heavy atom. The third-order valence-electron chi connectivity index (χ3n) is 5.82. The molecule has 35 heavy (non-hydrogen) atoms. The molecule has 2 aromatic rings. The van der Waals surface area contributed by atoms with Gasteiger partial charge in [0.2, 0.25) is 10.0 Å². The third kappa shape index (κ3) is 6.17. The summed E-state index contributed by atoms with van der Waals surface area (Å²) in [4.78, 5) is 12.6. The van der Waals surface area contributed by atoms with Gasteiger partial charge in [-0.3, -0.25) is 0 Å². The molecule has 0 spiro atoms.